The molecule has 1 aliphatic heterocycles. The highest BCUT2D eigenvalue weighted by molar-refractivity contribution is 5.78. The molecule has 1 saturated heterocycles. The number of rotatable bonds is 6. The van der Waals surface area contributed by atoms with Crippen molar-refractivity contribution in [1.82, 2.24) is 14.8 Å². The van der Waals surface area contributed by atoms with Crippen molar-refractivity contribution in [1.29, 1.82) is 0 Å². The summed E-state index contributed by atoms with van der Waals surface area (Å²) in [4.78, 5) is 23.6. The lowest BCUT2D eigenvalue weighted by molar-refractivity contribution is -0.133. The van der Waals surface area contributed by atoms with Gasteiger partial charge in [-0.3, -0.25) is 9.69 Å². The summed E-state index contributed by atoms with van der Waals surface area (Å²) < 4.78 is 5.45. The molecular formula is C19H24N4O2. The molecule has 0 unspecified atom stereocenters. The van der Waals surface area contributed by atoms with Gasteiger partial charge in [-0.25, -0.2) is 4.98 Å². The Bertz CT molecular complexity index is 677. The summed E-state index contributed by atoms with van der Waals surface area (Å²) in [5, 5.41) is 0. The highest BCUT2D eigenvalue weighted by Crippen LogP contribution is 2.28. The van der Waals surface area contributed by atoms with Crippen LogP contribution in [0.5, 0.6) is 0 Å². The van der Waals surface area contributed by atoms with Crippen LogP contribution in [0.1, 0.15) is 18.6 Å². The second-order valence-electron chi connectivity index (χ2n) is 6.77. The van der Waals surface area contributed by atoms with Gasteiger partial charge < -0.3 is 14.2 Å². The molecule has 0 N–H and O–H groups in total. The molecule has 3 heterocycles. The Balaban J connectivity index is 1.31. The highest BCUT2D eigenvalue weighted by Gasteiger charge is 2.32. The van der Waals surface area contributed by atoms with Gasteiger partial charge >= 0.3 is 0 Å². The number of furan rings is 1. The first-order valence-corrected chi connectivity index (χ1v) is 9.00. The average molecular weight is 340 g/mol. The summed E-state index contributed by atoms with van der Waals surface area (Å²) in [5.74, 6) is 2.14. The van der Waals surface area contributed by atoms with Gasteiger partial charge in [-0.05, 0) is 37.1 Å². The molecule has 1 amide bonds. The lowest BCUT2D eigenvalue weighted by Crippen LogP contribution is -2.51. The van der Waals surface area contributed by atoms with E-state index in [1.165, 1.54) is 12.8 Å². The largest absolute Gasteiger partial charge is 0.468 e. The Morgan fingerprint density at radius 2 is 2.00 bits per heavy atom. The van der Waals surface area contributed by atoms with E-state index in [0.717, 1.165) is 44.3 Å². The number of pyridine rings is 1. The molecule has 25 heavy (non-hydrogen) atoms. The van der Waals surface area contributed by atoms with Crippen molar-refractivity contribution < 1.29 is 9.21 Å². The van der Waals surface area contributed by atoms with E-state index in [1.54, 1.807) is 6.26 Å². The van der Waals surface area contributed by atoms with Gasteiger partial charge in [0.05, 0.1) is 19.4 Å². The Labute approximate surface area is 148 Å². The zero-order valence-electron chi connectivity index (χ0n) is 14.4. The molecule has 4 rings (SSSR count). The fourth-order valence-corrected chi connectivity index (χ4v) is 3.36. The lowest BCUT2D eigenvalue weighted by atomic mass is 10.3. The molecule has 2 aromatic heterocycles. The van der Waals surface area contributed by atoms with Gasteiger partial charge in [-0.1, -0.05) is 6.07 Å². The number of carbonyl (C=O) groups is 1. The normalized spacial score (nSPS) is 18.0. The fraction of sp³-hybridized carbons (Fsp3) is 0.474. The van der Waals surface area contributed by atoms with Gasteiger partial charge in [0, 0.05) is 38.4 Å². The third-order valence-corrected chi connectivity index (χ3v) is 4.95. The molecule has 6 heteroatoms. The molecule has 1 aliphatic carbocycles. The molecule has 0 radical (unpaired) electrons. The molecule has 0 aromatic carbocycles. The number of nitrogens with zero attached hydrogens (tertiary/aromatic N) is 4. The minimum absolute atomic E-state index is 0.221. The topological polar surface area (TPSA) is 52.8 Å². The molecular weight excluding hydrogens is 316 g/mol. The molecule has 2 fully saturated rings. The number of anilines is 1. The zero-order chi connectivity index (χ0) is 17.1. The van der Waals surface area contributed by atoms with Crippen molar-refractivity contribution >= 4 is 11.7 Å². The van der Waals surface area contributed by atoms with Crippen LogP contribution in [0.2, 0.25) is 0 Å². The first kappa shape index (κ1) is 16.1. The van der Waals surface area contributed by atoms with E-state index in [-0.39, 0.29) is 5.91 Å². The van der Waals surface area contributed by atoms with E-state index in [4.69, 9.17) is 4.42 Å². The van der Waals surface area contributed by atoms with Crippen LogP contribution < -0.4 is 4.90 Å². The van der Waals surface area contributed by atoms with E-state index >= 15 is 0 Å². The van der Waals surface area contributed by atoms with Crippen LogP contribution in [0, 0.1) is 0 Å². The van der Waals surface area contributed by atoms with E-state index < -0.39 is 0 Å². The smallest absolute Gasteiger partial charge is 0.236 e. The molecule has 0 bridgehead atoms. The van der Waals surface area contributed by atoms with Gasteiger partial charge in [0.15, 0.2) is 0 Å². The van der Waals surface area contributed by atoms with Crippen LogP contribution in [-0.2, 0) is 11.3 Å². The van der Waals surface area contributed by atoms with E-state index in [0.29, 0.717) is 12.6 Å². The number of aromatic nitrogens is 1. The minimum Gasteiger partial charge on any atom is -0.468 e. The maximum absolute atomic E-state index is 12.7. The number of carbonyl (C=O) groups excluding carboxylic acids is 1. The zero-order valence-corrected chi connectivity index (χ0v) is 14.4. The van der Waals surface area contributed by atoms with Gasteiger partial charge in [0.25, 0.3) is 0 Å². The van der Waals surface area contributed by atoms with Crippen LogP contribution in [0.4, 0.5) is 5.82 Å². The quantitative estimate of drug-likeness (QED) is 0.805. The minimum atomic E-state index is 0.221. The number of amides is 1. The molecule has 6 nitrogen and oxygen atoms in total. The Hall–Kier alpha value is -2.34. The molecule has 2 aliphatic rings. The third kappa shape index (κ3) is 4.02. The first-order valence-electron chi connectivity index (χ1n) is 9.00. The molecule has 0 spiro atoms. The standard InChI is InChI=1S/C19H24N4O2/c24-19(15-23(16-6-7-16)14-17-4-3-13-25-17)22-11-9-21(10-12-22)18-5-1-2-8-20-18/h1-5,8,13,16H,6-7,9-12,14-15H2. The summed E-state index contributed by atoms with van der Waals surface area (Å²) in [6.07, 6.45) is 5.87. The number of piperazine rings is 1. The Morgan fingerprint density at radius 3 is 2.64 bits per heavy atom. The SMILES string of the molecule is O=C(CN(Cc1ccco1)C1CC1)N1CCN(c2ccccn2)CC1. The summed E-state index contributed by atoms with van der Waals surface area (Å²) in [6.45, 7) is 4.39. The van der Waals surface area contributed by atoms with Crippen molar-refractivity contribution in [3.63, 3.8) is 0 Å². The van der Waals surface area contributed by atoms with E-state index in [1.807, 2.05) is 41.4 Å². The summed E-state index contributed by atoms with van der Waals surface area (Å²) in [5.41, 5.74) is 0. The van der Waals surface area contributed by atoms with E-state index in [9.17, 15) is 4.79 Å². The predicted molar refractivity (Wildman–Crippen MR) is 95.2 cm³/mol. The average Bonchev–Trinajstić information content (AvgIpc) is 3.39. The maximum atomic E-state index is 12.7. The number of hydrogen-bond donors (Lipinski definition) is 0. The van der Waals surface area contributed by atoms with Crippen LogP contribution in [-0.4, -0.2) is 59.5 Å². The second-order valence-corrected chi connectivity index (χ2v) is 6.77. The summed E-state index contributed by atoms with van der Waals surface area (Å²) in [6, 6.07) is 10.4. The second kappa shape index (κ2) is 7.27. The van der Waals surface area contributed by atoms with Crippen LogP contribution in [0.3, 0.4) is 0 Å². The van der Waals surface area contributed by atoms with Gasteiger partial charge in [0.1, 0.15) is 11.6 Å². The maximum Gasteiger partial charge on any atom is 0.236 e. The van der Waals surface area contributed by atoms with Crippen molar-refractivity contribution in [3.8, 4) is 0 Å². The van der Waals surface area contributed by atoms with Crippen LogP contribution >= 0.6 is 0 Å². The predicted octanol–water partition coefficient (Wildman–Crippen LogP) is 1.99. The van der Waals surface area contributed by atoms with Crippen LogP contribution in [0.25, 0.3) is 0 Å². The summed E-state index contributed by atoms with van der Waals surface area (Å²) in [7, 11) is 0. The van der Waals surface area contributed by atoms with Crippen LogP contribution in [0.15, 0.2) is 47.2 Å². The van der Waals surface area contributed by atoms with Gasteiger partial charge in [0.2, 0.25) is 5.91 Å². The highest BCUT2D eigenvalue weighted by atomic mass is 16.3. The summed E-state index contributed by atoms with van der Waals surface area (Å²) >= 11 is 0. The molecule has 132 valence electrons. The molecule has 2 aromatic rings. The third-order valence-electron chi connectivity index (χ3n) is 4.95. The van der Waals surface area contributed by atoms with Crippen molar-refractivity contribution in [3.05, 3.63) is 48.6 Å². The van der Waals surface area contributed by atoms with Crippen molar-refractivity contribution in [2.75, 3.05) is 37.6 Å². The number of hydrogen-bond acceptors (Lipinski definition) is 5. The van der Waals surface area contributed by atoms with Crippen molar-refractivity contribution in [2.24, 2.45) is 0 Å². The molecule has 0 atom stereocenters. The monoisotopic (exact) mass is 340 g/mol. The molecule has 1 saturated carbocycles. The lowest BCUT2D eigenvalue weighted by Gasteiger charge is -2.36. The van der Waals surface area contributed by atoms with Gasteiger partial charge in [-0.2, -0.15) is 0 Å². The Kier molecular flexibility index (Phi) is 4.70. The Morgan fingerprint density at radius 1 is 1.16 bits per heavy atom. The van der Waals surface area contributed by atoms with Gasteiger partial charge in [-0.15, -0.1) is 0 Å². The first-order chi connectivity index (χ1) is 12.3. The van der Waals surface area contributed by atoms with E-state index in [2.05, 4.69) is 14.8 Å². The fourth-order valence-electron chi connectivity index (χ4n) is 3.36. The van der Waals surface area contributed by atoms with Crippen molar-refractivity contribution in [2.45, 2.75) is 25.4 Å².